The van der Waals surface area contributed by atoms with Crippen molar-refractivity contribution in [1.29, 1.82) is 0 Å². The van der Waals surface area contributed by atoms with Crippen LogP contribution in [-0.4, -0.2) is 50.3 Å². The number of piperazine rings is 1. The maximum Gasteiger partial charge on any atom is 0.238 e. The first kappa shape index (κ1) is 18.2. The van der Waals surface area contributed by atoms with Crippen molar-refractivity contribution in [2.75, 3.05) is 49.7 Å². The topological polar surface area (TPSA) is 54.0 Å². The Balaban J connectivity index is 1.31. The zero-order valence-electron chi connectivity index (χ0n) is 14.6. The van der Waals surface area contributed by atoms with Crippen molar-refractivity contribution in [3.8, 4) is 11.5 Å². The molecule has 0 aliphatic carbocycles. The number of fused-ring (bicyclic) bond motifs is 1. The van der Waals surface area contributed by atoms with Gasteiger partial charge in [0.1, 0.15) is 0 Å². The molecule has 2 aromatic rings. The van der Waals surface area contributed by atoms with E-state index in [9.17, 15) is 4.79 Å². The molecule has 6 nitrogen and oxygen atoms in total. The molecule has 1 amide bonds. The predicted molar refractivity (Wildman–Crippen MR) is 106 cm³/mol. The van der Waals surface area contributed by atoms with Crippen molar-refractivity contribution in [2.24, 2.45) is 0 Å². The van der Waals surface area contributed by atoms with Gasteiger partial charge in [0.15, 0.2) is 11.5 Å². The molecule has 0 aromatic heterocycles. The van der Waals surface area contributed by atoms with E-state index in [1.165, 1.54) is 0 Å². The average Bonchev–Trinajstić information content (AvgIpc) is 3.09. The van der Waals surface area contributed by atoms with Gasteiger partial charge in [-0.3, -0.25) is 9.69 Å². The molecule has 2 aromatic carbocycles. The van der Waals surface area contributed by atoms with Crippen LogP contribution in [0.15, 0.2) is 36.4 Å². The Morgan fingerprint density at radius 2 is 1.78 bits per heavy atom. The molecule has 8 heteroatoms. The van der Waals surface area contributed by atoms with Gasteiger partial charge in [0.2, 0.25) is 12.7 Å². The molecule has 142 valence electrons. The molecule has 1 fully saturated rings. The fourth-order valence-corrected chi connectivity index (χ4v) is 3.63. The summed E-state index contributed by atoms with van der Waals surface area (Å²) in [5.41, 5.74) is 1.64. The van der Waals surface area contributed by atoms with Gasteiger partial charge in [0.25, 0.3) is 0 Å². The van der Waals surface area contributed by atoms with Crippen LogP contribution in [0.5, 0.6) is 11.5 Å². The molecule has 0 unspecified atom stereocenters. The van der Waals surface area contributed by atoms with Gasteiger partial charge in [-0.25, -0.2) is 0 Å². The number of hydrogen-bond donors (Lipinski definition) is 1. The Kier molecular flexibility index (Phi) is 5.29. The van der Waals surface area contributed by atoms with Crippen LogP contribution in [0.1, 0.15) is 0 Å². The Morgan fingerprint density at radius 1 is 1.04 bits per heavy atom. The van der Waals surface area contributed by atoms with Gasteiger partial charge in [-0.1, -0.05) is 29.3 Å². The largest absolute Gasteiger partial charge is 0.454 e. The zero-order valence-corrected chi connectivity index (χ0v) is 16.1. The fourth-order valence-electron chi connectivity index (χ4n) is 3.24. The molecule has 0 atom stereocenters. The molecule has 0 spiro atoms. The van der Waals surface area contributed by atoms with Crippen LogP contribution in [0.2, 0.25) is 10.0 Å². The fraction of sp³-hybridized carbons (Fsp3) is 0.316. The Morgan fingerprint density at radius 3 is 2.52 bits per heavy atom. The minimum absolute atomic E-state index is 0.105. The van der Waals surface area contributed by atoms with Crippen molar-refractivity contribution in [3.05, 3.63) is 46.4 Å². The third-order valence-corrected chi connectivity index (χ3v) is 5.20. The Labute approximate surface area is 167 Å². The summed E-state index contributed by atoms with van der Waals surface area (Å²) < 4.78 is 10.6. The van der Waals surface area contributed by atoms with Crippen LogP contribution in [0.3, 0.4) is 0 Å². The SMILES string of the molecule is O=C(CN1CCN(c2cccc(Cl)c2)CC1)Nc1cc2c(cc1Cl)OCO2. The van der Waals surface area contributed by atoms with E-state index < -0.39 is 0 Å². The highest BCUT2D eigenvalue weighted by Crippen LogP contribution is 2.39. The van der Waals surface area contributed by atoms with E-state index in [2.05, 4.69) is 21.2 Å². The zero-order chi connectivity index (χ0) is 18.8. The average molecular weight is 408 g/mol. The summed E-state index contributed by atoms with van der Waals surface area (Å²) >= 11 is 12.3. The lowest BCUT2D eigenvalue weighted by atomic mass is 10.2. The van der Waals surface area contributed by atoms with Gasteiger partial charge in [0.05, 0.1) is 17.3 Å². The third kappa shape index (κ3) is 4.24. The van der Waals surface area contributed by atoms with E-state index in [1.54, 1.807) is 12.1 Å². The second-order valence-electron chi connectivity index (χ2n) is 6.48. The van der Waals surface area contributed by atoms with E-state index >= 15 is 0 Å². The first-order valence-corrected chi connectivity index (χ1v) is 9.46. The monoisotopic (exact) mass is 407 g/mol. The highest BCUT2D eigenvalue weighted by Gasteiger charge is 2.21. The number of anilines is 2. The normalized spacial score (nSPS) is 16.4. The van der Waals surface area contributed by atoms with E-state index in [-0.39, 0.29) is 12.7 Å². The van der Waals surface area contributed by atoms with E-state index in [4.69, 9.17) is 32.7 Å². The summed E-state index contributed by atoms with van der Waals surface area (Å²) in [5, 5.41) is 4.02. The van der Waals surface area contributed by atoms with Gasteiger partial charge < -0.3 is 19.7 Å². The van der Waals surface area contributed by atoms with E-state index in [1.807, 2.05) is 18.2 Å². The van der Waals surface area contributed by atoms with Gasteiger partial charge in [-0.2, -0.15) is 0 Å². The predicted octanol–water partition coefficient (Wildman–Crippen LogP) is 3.48. The van der Waals surface area contributed by atoms with E-state index in [0.29, 0.717) is 28.8 Å². The number of carbonyl (C=O) groups excluding carboxylic acids is 1. The van der Waals surface area contributed by atoms with Crippen LogP contribution >= 0.6 is 23.2 Å². The smallest absolute Gasteiger partial charge is 0.238 e. The number of amides is 1. The van der Waals surface area contributed by atoms with Crippen molar-refractivity contribution in [1.82, 2.24) is 4.90 Å². The van der Waals surface area contributed by atoms with Crippen LogP contribution in [-0.2, 0) is 4.79 Å². The van der Waals surface area contributed by atoms with Crippen LogP contribution in [0.25, 0.3) is 0 Å². The summed E-state index contributed by atoms with van der Waals surface area (Å²) in [6.45, 7) is 3.77. The summed E-state index contributed by atoms with van der Waals surface area (Å²) in [6, 6.07) is 11.2. The highest BCUT2D eigenvalue weighted by molar-refractivity contribution is 6.34. The lowest BCUT2D eigenvalue weighted by Gasteiger charge is -2.35. The Hall–Kier alpha value is -2.15. The molecule has 1 N–H and O–H groups in total. The standard InChI is InChI=1S/C19H19Cl2N3O3/c20-13-2-1-3-14(8-13)24-6-4-23(5-7-24)11-19(25)22-16-10-18-17(9-15(16)21)26-12-27-18/h1-3,8-10H,4-7,11-12H2,(H,22,25). The highest BCUT2D eigenvalue weighted by atomic mass is 35.5. The van der Waals surface area contributed by atoms with Gasteiger partial charge >= 0.3 is 0 Å². The second kappa shape index (κ2) is 7.84. The second-order valence-corrected chi connectivity index (χ2v) is 7.32. The number of nitrogens with zero attached hydrogens (tertiary/aromatic N) is 2. The van der Waals surface area contributed by atoms with Crippen LogP contribution in [0.4, 0.5) is 11.4 Å². The summed E-state index contributed by atoms with van der Waals surface area (Å²) in [6.07, 6.45) is 0. The molecular formula is C19H19Cl2N3O3. The molecule has 0 saturated carbocycles. The molecule has 2 aliphatic rings. The number of carbonyl (C=O) groups is 1. The van der Waals surface area contributed by atoms with Crippen molar-refractivity contribution in [2.45, 2.75) is 0 Å². The number of rotatable bonds is 4. The van der Waals surface area contributed by atoms with Crippen molar-refractivity contribution in [3.63, 3.8) is 0 Å². The maximum absolute atomic E-state index is 12.4. The number of hydrogen-bond acceptors (Lipinski definition) is 5. The number of halogens is 2. The van der Waals surface area contributed by atoms with Crippen molar-refractivity contribution >= 4 is 40.5 Å². The van der Waals surface area contributed by atoms with Crippen molar-refractivity contribution < 1.29 is 14.3 Å². The van der Waals surface area contributed by atoms with Crippen LogP contribution in [0, 0.1) is 0 Å². The first-order valence-electron chi connectivity index (χ1n) is 8.70. The van der Waals surface area contributed by atoms with Gasteiger partial charge in [0, 0.05) is 49.0 Å². The summed E-state index contributed by atoms with van der Waals surface area (Å²) in [5.74, 6) is 1.08. The molecule has 1 saturated heterocycles. The maximum atomic E-state index is 12.4. The molecule has 0 radical (unpaired) electrons. The molecule has 2 aliphatic heterocycles. The third-order valence-electron chi connectivity index (χ3n) is 4.65. The van der Waals surface area contributed by atoms with Gasteiger partial charge in [-0.05, 0) is 18.2 Å². The molecule has 4 rings (SSSR count). The lowest BCUT2D eigenvalue weighted by Crippen LogP contribution is -2.48. The first-order chi connectivity index (χ1) is 13.1. The van der Waals surface area contributed by atoms with Crippen LogP contribution < -0.4 is 19.7 Å². The number of ether oxygens (including phenoxy) is 2. The molecule has 2 heterocycles. The number of benzene rings is 2. The lowest BCUT2D eigenvalue weighted by molar-refractivity contribution is -0.117. The minimum Gasteiger partial charge on any atom is -0.454 e. The molecule has 0 bridgehead atoms. The quantitative estimate of drug-likeness (QED) is 0.840. The molecule has 27 heavy (non-hydrogen) atoms. The number of nitrogens with one attached hydrogen (secondary N) is 1. The molecular weight excluding hydrogens is 389 g/mol. The summed E-state index contributed by atoms with van der Waals surface area (Å²) in [7, 11) is 0. The van der Waals surface area contributed by atoms with E-state index in [0.717, 1.165) is 36.9 Å². The summed E-state index contributed by atoms with van der Waals surface area (Å²) in [4.78, 5) is 16.8. The van der Waals surface area contributed by atoms with Gasteiger partial charge in [-0.15, -0.1) is 0 Å². The Bertz CT molecular complexity index is 854. The minimum atomic E-state index is -0.105.